The smallest absolute Gasteiger partial charge is 0.275 e. The number of hydrogen-bond acceptors (Lipinski definition) is 4. The molecule has 6 heteroatoms. The molecule has 0 bridgehead atoms. The van der Waals surface area contributed by atoms with Crippen LogP contribution in [0.3, 0.4) is 0 Å². The molecule has 1 aliphatic rings. The standard InChI is InChI=1S/C9H7N3O3/c13-9-8(10-5-11-9)6-3-1-2-4-7(6)12(14)15/h1-5,8H,(H,10,11,13). The summed E-state index contributed by atoms with van der Waals surface area (Å²) in [5.74, 6) is -0.343. The molecule has 0 aromatic heterocycles. The first-order valence-corrected chi connectivity index (χ1v) is 4.25. The monoisotopic (exact) mass is 205 g/mol. The van der Waals surface area contributed by atoms with E-state index in [0.29, 0.717) is 5.56 Å². The van der Waals surface area contributed by atoms with Gasteiger partial charge in [0.1, 0.15) is 0 Å². The zero-order valence-corrected chi connectivity index (χ0v) is 7.58. The summed E-state index contributed by atoms with van der Waals surface area (Å²) in [6.45, 7) is 0. The Hall–Kier alpha value is -2.24. The molecule has 0 aliphatic carbocycles. The molecule has 0 fully saturated rings. The van der Waals surface area contributed by atoms with Gasteiger partial charge in [0.05, 0.1) is 16.8 Å². The van der Waals surface area contributed by atoms with Gasteiger partial charge in [-0.1, -0.05) is 12.1 Å². The third-order valence-electron chi connectivity index (χ3n) is 2.11. The minimum absolute atomic E-state index is 0.0864. The first-order chi connectivity index (χ1) is 7.20. The van der Waals surface area contributed by atoms with Crippen LogP contribution in [0.1, 0.15) is 11.6 Å². The van der Waals surface area contributed by atoms with E-state index in [0.717, 1.165) is 0 Å². The highest BCUT2D eigenvalue weighted by molar-refractivity contribution is 5.97. The van der Waals surface area contributed by atoms with Crippen molar-refractivity contribution < 1.29 is 9.72 Å². The maximum absolute atomic E-state index is 11.3. The van der Waals surface area contributed by atoms with Crippen LogP contribution < -0.4 is 5.32 Å². The first-order valence-electron chi connectivity index (χ1n) is 4.25. The Bertz CT molecular complexity index is 456. The normalized spacial score (nSPS) is 18.9. The molecular weight excluding hydrogens is 198 g/mol. The Morgan fingerprint density at radius 1 is 1.40 bits per heavy atom. The summed E-state index contributed by atoms with van der Waals surface area (Å²) in [6.07, 6.45) is 1.25. The summed E-state index contributed by atoms with van der Waals surface area (Å²) in [5, 5.41) is 13.1. The van der Waals surface area contributed by atoms with Gasteiger partial charge in [0.25, 0.3) is 11.6 Å². The Labute approximate surface area is 84.8 Å². The molecule has 1 aromatic carbocycles. The first kappa shape index (κ1) is 9.32. The number of benzene rings is 1. The maximum Gasteiger partial charge on any atom is 0.275 e. The lowest BCUT2D eigenvalue weighted by Gasteiger charge is -2.05. The van der Waals surface area contributed by atoms with E-state index in [9.17, 15) is 14.9 Å². The predicted octanol–water partition coefficient (Wildman–Crippen LogP) is 0.794. The molecule has 76 valence electrons. The van der Waals surface area contributed by atoms with Gasteiger partial charge in [0.2, 0.25) is 0 Å². The molecule has 15 heavy (non-hydrogen) atoms. The van der Waals surface area contributed by atoms with Crippen molar-refractivity contribution in [3.63, 3.8) is 0 Å². The highest BCUT2D eigenvalue weighted by atomic mass is 16.6. The van der Waals surface area contributed by atoms with Gasteiger partial charge in [-0.05, 0) is 6.07 Å². The van der Waals surface area contributed by atoms with E-state index in [-0.39, 0.29) is 11.6 Å². The number of carbonyl (C=O) groups is 1. The van der Waals surface area contributed by atoms with Gasteiger partial charge < -0.3 is 5.32 Å². The SMILES string of the molecule is O=C1NC=NC1c1ccccc1[N+](=O)[O-]. The van der Waals surface area contributed by atoms with Crippen molar-refractivity contribution in [2.75, 3.05) is 0 Å². The van der Waals surface area contributed by atoms with Gasteiger partial charge in [0, 0.05) is 6.07 Å². The Morgan fingerprint density at radius 2 is 2.13 bits per heavy atom. The van der Waals surface area contributed by atoms with E-state index in [1.165, 1.54) is 18.5 Å². The molecule has 6 nitrogen and oxygen atoms in total. The molecule has 0 saturated carbocycles. The lowest BCUT2D eigenvalue weighted by Crippen LogP contribution is -2.19. The largest absolute Gasteiger partial charge is 0.315 e. The number of carbonyl (C=O) groups excluding carboxylic acids is 1. The average Bonchev–Trinajstić information content (AvgIpc) is 2.64. The topological polar surface area (TPSA) is 84.6 Å². The second kappa shape index (κ2) is 3.49. The van der Waals surface area contributed by atoms with Crippen LogP contribution in [0.2, 0.25) is 0 Å². The summed E-state index contributed by atoms with van der Waals surface area (Å²) in [4.78, 5) is 25.3. The molecule has 2 rings (SSSR count). The van der Waals surface area contributed by atoms with Crippen molar-refractivity contribution in [3.8, 4) is 0 Å². The fourth-order valence-corrected chi connectivity index (χ4v) is 1.43. The molecule has 1 N–H and O–H groups in total. The molecular formula is C9H7N3O3. The molecule has 1 aromatic rings. The molecule has 1 atom stereocenters. The van der Waals surface area contributed by atoms with Gasteiger partial charge in [0.15, 0.2) is 6.04 Å². The summed E-state index contributed by atoms with van der Waals surface area (Å²) < 4.78 is 0. The van der Waals surface area contributed by atoms with Crippen LogP contribution in [0.25, 0.3) is 0 Å². The van der Waals surface area contributed by atoms with Crippen molar-refractivity contribution in [1.29, 1.82) is 0 Å². The van der Waals surface area contributed by atoms with Gasteiger partial charge >= 0.3 is 0 Å². The van der Waals surface area contributed by atoms with E-state index in [1.807, 2.05) is 0 Å². The van der Waals surface area contributed by atoms with Gasteiger partial charge in [-0.2, -0.15) is 0 Å². The van der Waals surface area contributed by atoms with Crippen LogP contribution in [0.5, 0.6) is 0 Å². The molecule has 1 aliphatic heterocycles. The number of nitro groups is 1. The summed E-state index contributed by atoms with van der Waals surface area (Å²) in [7, 11) is 0. The number of amides is 1. The highest BCUT2D eigenvalue weighted by Gasteiger charge is 2.29. The lowest BCUT2D eigenvalue weighted by molar-refractivity contribution is -0.385. The number of nitro benzene ring substituents is 1. The van der Waals surface area contributed by atoms with Crippen LogP contribution >= 0.6 is 0 Å². The van der Waals surface area contributed by atoms with E-state index >= 15 is 0 Å². The van der Waals surface area contributed by atoms with E-state index in [4.69, 9.17) is 0 Å². The number of para-hydroxylation sites is 1. The van der Waals surface area contributed by atoms with Crippen LogP contribution in [-0.2, 0) is 4.79 Å². The Kier molecular flexibility index (Phi) is 2.17. The maximum atomic E-state index is 11.3. The van der Waals surface area contributed by atoms with E-state index in [2.05, 4.69) is 10.3 Å². The van der Waals surface area contributed by atoms with Crippen LogP contribution in [0.15, 0.2) is 29.3 Å². The molecule has 1 heterocycles. The van der Waals surface area contributed by atoms with Crippen molar-refractivity contribution in [2.24, 2.45) is 4.99 Å². The molecule has 1 unspecified atom stereocenters. The van der Waals surface area contributed by atoms with Crippen molar-refractivity contribution in [3.05, 3.63) is 39.9 Å². The Balaban J connectivity index is 2.47. The van der Waals surface area contributed by atoms with Crippen molar-refractivity contribution in [1.82, 2.24) is 5.32 Å². The predicted molar refractivity (Wildman–Crippen MR) is 52.5 cm³/mol. The van der Waals surface area contributed by atoms with Gasteiger partial charge in [-0.25, -0.2) is 0 Å². The molecule has 1 amide bonds. The minimum Gasteiger partial charge on any atom is -0.315 e. The summed E-state index contributed by atoms with van der Waals surface area (Å²) in [6, 6.07) is 5.29. The second-order valence-electron chi connectivity index (χ2n) is 3.01. The molecule has 0 spiro atoms. The number of rotatable bonds is 2. The van der Waals surface area contributed by atoms with Crippen molar-refractivity contribution >= 4 is 17.9 Å². The highest BCUT2D eigenvalue weighted by Crippen LogP contribution is 2.28. The van der Waals surface area contributed by atoms with Crippen LogP contribution in [0, 0.1) is 10.1 Å². The van der Waals surface area contributed by atoms with Gasteiger partial charge in [-0.3, -0.25) is 19.9 Å². The van der Waals surface area contributed by atoms with Crippen molar-refractivity contribution in [2.45, 2.75) is 6.04 Å². The third-order valence-corrected chi connectivity index (χ3v) is 2.11. The summed E-state index contributed by atoms with van der Waals surface area (Å²) >= 11 is 0. The second-order valence-corrected chi connectivity index (χ2v) is 3.01. The average molecular weight is 205 g/mol. The zero-order chi connectivity index (χ0) is 10.8. The third kappa shape index (κ3) is 1.56. The number of hydrogen-bond donors (Lipinski definition) is 1. The lowest BCUT2D eigenvalue weighted by atomic mass is 10.1. The zero-order valence-electron chi connectivity index (χ0n) is 7.58. The minimum atomic E-state index is -0.799. The quantitative estimate of drug-likeness (QED) is 0.572. The Morgan fingerprint density at radius 3 is 2.73 bits per heavy atom. The molecule has 0 radical (unpaired) electrons. The van der Waals surface area contributed by atoms with Crippen LogP contribution in [-0.4, -0.2) is 17.2 Å². The fraction of sp³-hybridized carbons (Fsp3) is 0.111. The molecule has 0 saturated heterocycles. The van der Waals surface area contributed by atoms with Crippen LogP contribution in [0.4, 0.5) is 5.69 Å². The fourth-order valence-electron chi connectivity index (χ4n) is 1.43. The van der Waals surface area contributed by atoms with E-state index in [1.54, 1.807) is 12.1 Å². The summed E-state index contributed by atoms with van der Waals surface area (Å²) in [5.41, 5.74) is 0.227. The van der Waals surface area contributed by atoms with Gasteiger partial charge in [-0.15, -0.1) is 0 Å². The number of aliphatic imine (C=N–C) groups is 1. The van der Waals surface area contributed by atoms with E-state index < -0.39 is 11.0 Å². The number of nitrogens with zero attached hydrogens (tertiary/aromatic N) is 2. The number of nitrogens with one attached hydrogen (secondary N) is 1.